The van der Waals surface area contributed by atoms with Crippen LogP contribution in [0.3, 0.4) is 0 Å². The predicted molar refractivity (Wildman–Crippen MR) is 57.6 cm³/mol. The number of phenols is 1. The summed E-state index contributed by atoms with van der Waals surface area (Å²) >= 11 is 6.73. The minimum absolute atomic E-state index is 0.270. The van der Waals surface area contributed by atoms with E-state index in [2.05, 4.69) is 45.7 Å². The Hall–Kier alpha value is -0.0200. The second kappa shape index (κ2) is 3.79. The fourth-order valence-corrected chi connectivity index (χ4v) is 2.15. The van der Waals surface area contributed by atoms with Crippen molar-refractivity contribution in [1.82, 2.24) is 0 Å². The van der Waals surface area contributed by atoms with Crippen LogP contribution >= 0.6 is 31.9 Å². The molecular formula is C9H10Br2O. The maximum atomic E-state index is 9.33. The lowest BCUT2D eigenvalue weighted by molar-refractivity contribution is 0.471. The van der Waals surface area contributed by atoms with Gasteiger partial charge in [-0.1, -0.05) is 19.9 Å². The molecule has 0 bridgehead atoms. The van der Waals surface area contributed by atoms with E-state index in [9.17, 15) is 5.11 Å². The summed E-state index contributed by atoms with van der Waals surface area (Å²) in [6.45, 7) is 4.23. The third kappa shape index (κ3) is 1.83. The van der Waals surface area contributed by atoms with Crippen LogP contribution in [0.5, 0.6) is 5.75 Å². The van der Waals surface area contributed by atoms with E-state index in [0.29, 0.717) is 5.92 Å². The van der Waals surface area contributed by atoms with Crippen LogP contribution in [0, 0.1) is 0 Å². The molecule has 0 amide bonds. The van der Waals surface area contributed by atoms with E-state index in [-0.39, 0.29) is 5.75 Å². The molecule has 0 aromatic heterocycles. The van der Waals surface area contributed by atoms with E-state index < -0.39 is 0 Å². The van der Waals surface area contributed by atoms with Crippen LogP contribution in [0.25, 0.3) is 0 Å². The molecule has 0 radical (unpaired) electrons. The second-order valence-corrected chi connectivity index (χ2v) is 4.54. The van der Waals surface area contributed by atoms with Gasteiger partial charge >= 0.3 is 0 Å². The van der Waals surface area contributed by atoms with Crippen LogP contribution in [0.4, 0.5) is 0 Å². The molecule has 0 aliphatic rings. The van der Waals surface area contributed by atoms with E-state index in [0.717, 1.165) is 8.95 Å². The molecule has 1 rings (SSSR count). The van der Waals surface area contributed by atoms with Crippen LogP contribution in [0.1, 0.15) is 25.3 Å². The summed E-state index contributed by atoms with van der Waals surface area (Å²) in [5.74, 6) is 0.725. The van der Waals surface area contributed by atoms with Crippen LogP contribution < -0.4 is 0 Å². The molecule has 0 saturated carbocycles. The largest absolute Gasteiger partial charge is 0.507 e. The number of halogens is 2. The lowest BCUT2D eigenvalue weighted by Crippen LogP contribution is -1.89. The van der Waals surface area contributed by atoms with Crippen molar-refractivity contribution in [3.05, 3.63) is 26.6 Å². The van der Waals surface area contributed by atoms with Crippen molar-refractivity contribution in [2.45, 2.75) is 19.8 Å². The molecule has 1 aromatic carbocycles. The number of hydrogen-bond acceptors (Lipinski definition) is 1. The Labute approximate surface area is 89.1 Å². The van der Waals surface area contributed by atoms with Crippen LogP contribution in [0.15, 0.2) is 21.1 Å². The molecule has 1 N–H and O–H groups in total. The van der Waals surface area contributed by atoms with Gasteiger partial charge in [0.25, 0.3) is 0 Å². The Kier molecular flexibility index (Phi) is 3.18. The highest BCUT2D eigenvalue weighted by Gasteiger charge is 2.10. The van der Waals surface area contributed by atoms with Gasteiger partial charge in [-0.3, -0.25) is 0 Å². The third-order valence-corrected chi connectivity index (χ3v) is 3.90. The van der Waals surface area contributed by atoms with E-state index in [1.807, 2.05) is 6.07 Å². The zero-order valence-electron chi connectivity index (χ0n) is 6.94. The lowest BCUT2D eigenvalue weighted by Gasteiger charge is -2.10. The van der Waals surface area contributed by atoms with E-state index in [1.165, 1.54) is 5.56 Å². The average Bonchev–Trinajstić information content (AvgIpc) is 2.00. The number of benzene rings is 1. The summed E-state index contributed by atoms with van der Waals surface area (Å²) in [7, 11) is 0. The molecular weight excluding hydrogens is 284 g/mol. The summed E-state index contributed by atoms with van der Waals surface area (Å²) in [5.41, 5.74) is 1.19. The lowest BCUT2D eigenvalue weighted by atomic mass is 10.0. The topological polar surface area (TPSA) is 20.2 Å². The third-order valence-electron chi connectivity index (χ3n) is 1.71. The second-order valence-electron chi connectivity index (χ2n) is 2.96. The van der Waals surface area contributed by atoms with Gasteiger partial charge in [-0.2, -0.15) is 0 Å². The Balaban J connectivity index is 3.27. The zero-order chi connectivity index (χ0) is 9.30. The average molecular weight is 294 g/mol. The van der Waals surface area contributed by atoms with Gasteiger partial charge in [0.15, 0.2) is 0 Å². The van der Waals surface area contributed by atoms with E-state index >= 15 is 0 Å². The SMILES string of the molecule is CC(C)c1ccc(O)c(Br)c1Br. The zero-order valence-corrected chi connectivity index (χ0v) is 10.1. The Morgan fingerprint density at radius 2 is 1.75 bits per heavy atom. The van der Waals surface area contributed by atoms with Crippen LogP contribution in [0.2, 0.25) is 0 Å². The highest BCUT2D eigenvalue weighted by atomic mass is 79.9. The molecule has 1 aromatic rings. The van der Waals surface area contributed by atoms with Crippen molar-refractivity contribution < 1.29 is 5.11 Å². The number of hydrogen-bond donors (Lipinski definition) is 1. The maximum Gasteiger partial charge on any atom is 0.130 e. The van der Waals surface area contributed by atoms with Gasteiger partial charge in [0.05, 0.1) is 4.47 Å². The fraction of sp³-hybridized carbons (Fsp3) is 0.333. The minimum atomic E-state index is 0.270. The summed E-state index contributed by atoms with van der Waals surface area (Å²) in [5, 5.41) is 9.33. The first-order chi connectivity index (χ1) is 5.54. The molecule has 0 aliphatic carbocycles. The first-order valence-electron chi connectivity index (χ1n) is 3.71. The highest BCUT2D eigenvalue weighted by Crippen LogP contribution is 2.37. The maximum absolute atomic E-state index is 9.33. The first-order valence-corrected chi connectivity index (χ1v) is 5.29. The van der Waals surface area contributed by atoms with Gasteiger partial charge in [-0.05, 0) is 49.4 Å². The van der Waals surface area contributed by atoms with E-state index in [4.69, 9.17) is 0 Å². The van der Waals surface area contributed by atoms with Gasteiger partial charge < -0.3 is 5.11 Å². The van der Waals surface area contributed by atoms with Crippen LogP contribution in [-0.4, -0.2) is 5.11 Å². The van der Waals surface area contributed by atoms with Gasteiger partial charge in [-0.25, -0.2) is 0 Å². The summed E-state index contributed by atoms with van der Waals surface area (Å²) in [6, 6.07) is 3.62. The predicted octanol–water partition coefficient (Wildman–Crippen LogP) is 4.04. The van der Waals surface area contributed by atoms with Gasteiger partial charge in [0, 0.05) is 4.47 Å². The molecule has 0 unspecified atom stereocenters. The molecule has 0 atom stereocenters. The Morgan fingerprint density at radius 1 is 1.17 bits per heavy atom. The van der Waals surface area contributed by atoms with Crippen molar-refractivity contribution >= 4 is 31.9 Å². The minimum Gasteiger partial charge on any atom is -0.507 e. The molecule has 0 heterocycles. The molecule has 0 spiro atoms. The van der Waals surface area contributed by atoms with Crippen molar-refractivity contribution in [2.24, 2.45) is 0 Å². The van der Waals surface area contributed by atoms with Crippen molar-refractivity contribution in [1.29, 1.82) is 0 Å². The number of aromatic hydroxyl groups is 1. The molecule has 0 aliphatic heterocycles. The summed E-state index contributed by atoms with van der Waals surface area (Å²) < 4.78 is 1.67. The van der Waals surface area contributed by atoms with Crippen molar-refractivity contribution in [2.75, 3.05) is 0 Å². The standard InChI is InChI=1S/C9H10Br2O/c1-5(2)6-3-4-7(12)9(11)8(6)10/h3-5,12H,1-2H3. The fourth-order valence-electron chi connectivity index (χ4n) is 1.00. The monoisotopic (exact) mass is 292 g/mol. The van der Waals surface area contributed by atoms with Gasteiger partial charge in [0.2, 0.25) is 0 Å². The van der Waals surface area contributed by atoms with E-state index in [1.54, 1.807) is 6.07 Å². The molecule has 12 heavy (non-hydrogen) atoms. The molecule has 0 fully saturated rings. The Morgan fingerprint density at radius 3 is 2.25 bits per heavy atom. The molecule has 0 saturated heterocycles. The van der Waals surface area contributed by atoms with Crippen LogP contribution in [-0.2, 0) is 0 Å². The molecule has 1 nitrogen and oxygen atoms in total. The summed E-state index contributed by atoms with van der Waals surface area (Å²) in [4.78, 5) is 0. The Bertz CT molecular complexity index is 295. The normalized spacial score (nSPS) is 10.8. The van der Waals surface area contributed by atoms with Crippen molar-refractivity contribution in [3.8, 4) is 5.75 Å². The van der Waals surface area contributed by atoms with Gasteiger partial charge in [-0.15, -0.1) is 0 Å². The van der Waals surface area contributed by atoms with Crippen molar-refractivity contribution in [3.63, 3.8) is 0 Å². The van der Waals surface area contributed by atoms with Gasteiger partial charge in [0.1, 0.15) is 5.75 Å². The number of rotatable bonds is 1. The smallest absolute Gasteiger partial charge is 0.130 e. The summed E-state index contributed by atoms with van der Waals surface area (Å²) in [6.07, 6.45) is 0. The number of phenolic OH excluding ortho intramolecular Hbond substituents is 1. The highest BCUT2D eigenvalue weighted by molar-refractivity contribution is 9.13. The molecule has 3 heteroatoms. The quantitative estimate of drug-likeness (QED) is 0.828. The first kappa shape index (κ1) is 10.1. The molecule has 66 valence electrons.